The maximum atomic E-state index is 12.8. The quantitative estimate of drug-likeness (QED) is 0.613. The Morgan fingerprint density at radius 3 is 2.55 bits per heavy atom. The second kappa shape index (κ2) is 9.73. The van der Waals surface area contributed by atoms with Gasteiger partial charge in [0.25, 0.3) is 5.91 Å². The number of hydrogen-bond acceptors (Lipinski definition) is 4. The number of fused-ring (bicyclic) bond motifs is 1. The minimum atomic E-state index is -0.104. The second-order valence-electron chi connectivity index (χ2n) is 8.12. The topological polar surface area (TPSA) is 71.3 Å². The van der Waals surface area contributed by atoms with Crippen molar-refractivity contribution in [1.29, 1.82) is 0 Å². The standard InChI is InChI=1S/C24H29N5O2/c1-27(24(31)19-9-8-13-25-17-19)18-22-26-20-10-4-5-11-21(20)29(22)16-12-23(30)28-14-6-2-3-7-15-28/h4-5,8-11,13,17H,2-3,6-7,12,14-16,18H2,1H3. The van der Waals surface area contributed by atoms with Gasteiger partial charge in [-0.2, -0.15) is 0 Å². The third-order valence-electron chi connectivity index (χ3n) is 5.88. The van der Waals surface area contributed by atoms with Crippen molar-refractivity contribution in [1.82, 2.24) is 24.3 Å². The molecule has 3 heterocycles. The van der Waals surface area contributed by atoms with E-state index in [9.17, 15) is 9.59 Å². The molecule has 0 radical (unpaired) electrons. The number of hydrogen-bond donors (Lipinski definition) is 0. The first kappa shape index (κ1) is 21.0. The van der Waals surface area contributed by atoms with Crippen LogP contribution >= 0.6 is 0 Å². The summed E-state index contributed by atoms with van der Waals surface area (Å²) in [5.41, 5.74) is 2.41. The minimum absolute atomic E-state index is 0.104. The first-order valence-corrected chi connectivity index (χ1v) is 11.0. The summed E-state index contributed by atoms with van der Waals surface area (Å²) in [4.78, 5) is 38.0. The molecule has 3 aromatic rings. The van der Waals surface area contributed by atoms with E-state index >= 15 is 0 Å². The highest BCUT2D eigenvalue weighted by Crippen LogP contribution is 2.19. The van der Waals surface area contributed by atoms with E-state index in [4.69, 9.17) is 4.98 Å². The Balaban J connectivity index is 1.51. The molecule has 31 heavy (non-hydrogen) atoms. The van der Waals surface area contributed by atoms with Gasteiger partial charge in [0.05, 0.1) is 23.1 Å². The van der Waals surface area contributed by atoms with Gasteiger partial charge in [-0.15, -0.1) is 0 Å². The fraction of sp³-hybridized carbons (Fsp3) is 0.417. The number of pyridine rings is 1. The van der Waals surface area contributed by atoms with Crippen molar-refractivity contribution < 1.29 is 9.59 Å². The number of aromatic nitrogens is 3. The van der Waals surface area contributed by atoms with Gasteiger partial charge >= 0.3 is 0 Å². The van der Waals surface area contributed by atoms with Crippen molar-refractivity contribution in [3.8, 4) is 0 Å². The first-order valence-electron chi connectivity index (χ1n) is 11.0. The van der Waals surface area contributed by atoms with Gasteiger partial charge in [0.2, 0.25) is 5.91 Å². The van der Waals surface area contributed by atoms with Crippen molar-refractivity contribution in [2.24, 2.45) is 0 Å². The van der Waals surface area contributed by atoms with E-state index in [1.807, 2.05) is 29.2 Å². The highest BCUT2D eigenvalue weighted by atomic mass is 16.2. The number of likely N-dealkylation sites (tertiary alicyclic amines) is 1. The van der Waals surface area contributed by atoms with E-state index < -0.39 is 0 Å². The molecule has 0 saturated carbocycles. The Kier molecular flexibility index (Phi) is 6.60. The van der Waals surface area contributed by atoms with Crippen molar-refractivity contribution in [3.05, 3.63) is 60.2 Å². The predicted molar refractivity (Wildman–Crippen MR) is 119 cm³/mol. The van der Waals surface area contributed by atoms with Gasteiger partial charge < -0.3 is 14.4 Å². The summed E-state index contributed by atoms with van der Waals surface area (Å²) < 4.78 is 2.08. The predicted octanol–water partition coefficient (Wildman–Crippen LogP) is 3.50. The zero-order chi connectivity index (χ0) is 21.6. The van der Waals surface area contributed by atoms with Gasteiger partial charge in [-0.25, -0.2) is 4.98 Å². The molecule has 0 unspecified atom stereocenters. The van der Waals surface area contributed by atoms with Gasteiger partial charge in [0, 0.05) is 45.5 Å². The van der Waals surface area contributed by atoms with Crippen molar-refractivity contribution >= 4 is 22.8 Å². The smallest absolute Gasteiger partial charge is 0.255 e. The molecule has 0 N–H and O–H groups in total. The van der Waals surface area contributed by atoms with Crippen molar-refractivity contribution in [2.45, 2.75) is 45.2 Å². The lowest BCUT2D eigenvalue weighted by Crippen LogP contribution is -2.32. The van der Waals surface area contributed by atoms with Crippen LogP contribution in [0.4, 0.5) is 0 Å². The van der Waals surface area contributed by atoms with Crippen LogP contribution < -0.4 is 0 Å². The fourth-order valence-electron chi connectivity index (χ4n) is 4.17. The SMILES string of the molecule is CN(Cc1nc2ccccc2n1CCC(=O)N1CCCCCC1)C(=O)c1cccnc1. The average Bonchev–Trinajstić information content (AvgIpc) is 2.95. The lowest BCUT2D eigenvalue weighted by Gasteiger charge is -2.21. The van der Waals surface area contributed by atoms with E-state index in [-0.39, 0.29) is 11.8 Å². The van der Waals surface area contributed by atoms with Crippen LogP contribution in [-0.4, -0.2) is 56.3 Å². The molecule has 7 heteroatoms. The fourth-order valence-corrected chi connectivity index (χ4v) is 4.17. The maximum absolute atomic E-state index is 12.8. The number of rotatable bonds is 6. The molecule has 1 aromatic carbocycles. The minimum Gasteiger partial charge on any atom is -0.343 e. The molecule has 0 atom stereocenters. The number of nitrogens with zero attached hydrogens (tertiary/aromatic N) is 5. The van der Waals surface area contributed by atoms with Crippen LogP contribution in [0.15, 0.2) is 48.8 Å². The van der Waals surface area contributed by atoms with E-state index in [1.165, 1.54) is 12.8 Å². The van der Waals surface area contributed by atoms with Gasteiger partial charge in [-0.3, -0.25) is 14.6 Å². The normalized spacial score (nSPS) is 14.4. The number of carbonyl (C=O) groups excluding carboxylic acids is 2. The molecule has 1 saturated heterocycles. The van der Waals surface area contributed by atoms with Crippen LogP contribution in [0, 0.1) is 0 Å². The third-order valence-corrected chi connectivity index (χ3v) is 5.88. The van der Waals surface area contributed by atoms with Crippen LogP contribution in [0.2, 0.25) is 0 Å². The van der Waals surface area contributed by atoms with Gasteiger partial charge in [0.15, 0.2) is 0 Å². The first-order chi connectivity index (χ1) is 15.1. The van der Waals surface area contributed by atoms with Gasteiger partial charge in [0.1, 0.15) is 5.82 Å². The Morgan fingerprint density at radius 2 is 1.81 bits per heavy atom. The van der Waals surface area contributed by atoms with Crippen molar-refractivity contribution in [3.63, 3.8) is 0 Å². The maximum Gasteiger partial charge on any atom is 0.255 e. The van der Waals surface area contributed by atoms with Gasteiger partial charge in [-0.05, 0) is 37.1 Å². The molecule has 2 amide bonds. The molecule has 1 fully saturated rings. The highest BCUT2D eigenvalue weighted by molar-refractivity contribution is 5.93. The summed E-state index contributed by atoms with van der Waals surface area (Å²) in [5, 5.41) is 0. The Morgan fingerprint density at radius 1 is 1.03 bits per heavy atom. The summed E-state index contributed by atoms with van der Waals surface area (Å²) in [6.07, 6.45) is 8.25. The van der Waals surface area contributed by atoms with Gasteiger partial charge in [-0.1, -0.05) is 25.0 Å². The molecule has 162 valence electrons. The van der Waals surface area contributed by atoms with Crippen LogP contribution in [-0.2, 0) is 17.9 Å². The number of benzene rings is 1. The molecule has 7 nitrogen and oxygen atoms in total. The highest BCUT2D eigenvalue weighted by Gasteiger charge is 2.19. The summed E-state index contributed by atoms with van der Waals surface area (Å²) in [6, 6.07) is 11.4. The summed E-state index contributed by atoms with van der Waals surface area (Å²) in [6.45, 7) is 2.64. The zero-order valence-electron chi connectivity index (χ0n) is 18.0. The summed E-state index contributed by atoms with van der Waals surface area (Å²) in [7, 11) is 1.77. The van der Waals surface area contributed by atoms with Crippen LogP contribution in [0.3, 0.4) is 0 Å². The van der Waals surface area contributed by atoms with Crippen LogP contribution in [0.1, 0.15) is 48.3 Å². The van der Waals surface area contributed by atoms with E-state index in [0.29, 0.717) is 25.1 Å². The number of imidazole rings is 1. The van der Waals surface area contributed by atoms with E-state index in [2.05, 4.69) is 9.55 Å². The van der Waals surface area contributed by atoms with E-state index in [0.717, 1.165) is 42.8 Å². The zero-order valence-corrected chi connectivity index (χ0v) is 18.0. The Bertz CT molecular complexity index is 1040. The van der Waals surface area contributed by atoms with Crippen molar-refractivity contribution in [2.75, 3.05) is 20.1 Å². The Labute approximate surface area is 182 Å². The average molecular weight is 420 g/mol. The second-order valence-corrected chi connectivity index (χ2v) is 8.12. The monoisotopic (exact) mass is 419 g/mol. The molecular formula is C24H29N5O2. The molecule has 1 aliphatic rings. The lowest BCUT2D eigenvalue weighted by atomic mass is 10.2. The molecule has 0 aliphatic carbocycles. The molecule has 4 rings (SSSR count). The number of aryl methyl sites for hydroxylation is 1. The molecule has 1 aliphatic heterocycles. The lowest BCUT2D eigenvalue weighted by molar-refractivity contribution is -0.131. The molecule has 2 aromatic heterocycles. The largest absolute Gasteiger partial charge is 0.343 e. The molecule has 0 bridgehead atoms. The molecular weight excluding hydrogens is 390 g/mol. The van der Waals surface area contributed by atoms with E-state index in [1.54, 1.807) is 36.5 Å². The summed E-state index contributed by atoms with van der Waals surface area (Å²) >= 11 is 0. The number of para-hydroxylation sites is 2. The summed E-state index contributed by atoms with van der Waals surface area (Å²) in [5.74, 6) is 0.877. The van der Waals surface area contributed by atoms with Crippen LogP contribution in [0.25, 0.3) is 11.0 Å². The third kappa shape index (κ3) is 4.93. The Hall–Kier alpha value is -3.22. The molecule has 0 spiro atoms. The number of carbonyl (C=O) groups is 2. The van der Waals surface area contributed by atoms with Crippen LogP contribution in [0.5, 0.6) is 0 Å². The number of amides is 2.